The zero-order chi connectivity index (χ0) is 32.0. The van der Waals surface area contributed by atoms with E-state index < -0.39 is 23.6 Å². The topological polar surface area (TPSA) is 100 Å². The molecule has 6 nitrogen and oxygen atoms in total. The van der Waals surface area contributed by atoms with Crippen LogP contribution in [0.4, 0.5) is 8.78 Å². The first-order valence-corrected chi connectivity index (χ1v) is 14.9. The van der Waals surface area contributed by atoms with Gasteiger partial charge in [0.15, 0.2) is 0 Å². The molecule has 0 aliphatic heterocycles. The van der Waals surface area contributed by atoms with Gasteiger partial charge in [0.1, 0.15) is 35.3 Å². The predicted molar refractivity (Wildman–Crippen MR) is 165 cm³/mol. The highest BCUT2D eigenvalue weighted by Crippen LogP contribution is 2.20. The molecule has 0 amide bonds. The SMILES string of the molecule is N#Cc1ccc(OC(=O)c2ccc(CCCCCCCCCc3ccc(C(=O)Oc4ccc(C#N)c(F)c4)cc3)cc2)cc1F. The molecule has 228 valence electrons. The smallest absolute Gasteiger partial charge is 0.343 e. The molecule has 0 saturated heterocycles. The van der Waals surface area contributed by atoms with Gasteiger partial charge in [0, 0.05) is 12.1 Å². The van der Waals surface area contributed by atoms with Gasteiger partial charge >= 0.3 is 11.9 Å². The Morgan fingerprint density at radius 3 is 1.22 bits per heavy atom. The second kappa shape index (κ2) is 16.5. The normalized spacial score (nSPS) is 10.5. The summed E-state index contributed by atoms with van der Waals surface area (Å²) < 4.78 is 37.9. The van der Waals surface area contributed by atoms with Crippen LogP contribution in [0.15, 0.2) is 84.9 Å². The van der Waals surface area contributed by atoms with Crippen LogP contribution in [0.5, 0.6) is 11.5 Å². The molecule has 0 aliphatic carbocycles. The van der Waals surface area contributed by atoms with Crippen molar-refractivity contribution in [3.63, 3.8) is 0 Å². The minimum absolute atomic E-state index is 0.0522. The van der Waals surface area contributed by atoms with Crippen molar-refractivity contribution in [2.45, 2.75) is 57.8 Å². The van der Waals surface area contributed by atoms with Gasteiger partial charge in [0.05, 0.1) is 22.3 Å². The molecule has 4 aromatic rings. The molecule has 0 aliphatic rings. The molecule has 0 saturated carbocycles. The van der Waals surface area contributed by atoms with Crippen molar-refractivity contribution in [3.05, 3.63) is 130 Å². The molecule has 0 unspecified atom stereocenters. The molecule has 0 bridgehead atoms. The third-order valence-corrected chi connectivity index (χ3v) is 7.35. The average molecular weight is 607 g/mol. The predicted octanol–water partition coefficient (Wildman–Crippen LogP) is 8.66. The molecule has 4 aromatic carbocycles. The highest BCUT2D eigenvalue weighted by molar-refractivity contribution is 5.91. The van der Waals surface area contributed by atoms with Gasteiger partial charge in [-0.15, -0.1) is 0 Å². The summed E-state index contributed by atoms with van der Waals surface area (Å²) in [6.07, 6.45) is 9.69. The van der Waals surface area contributed by atoms with Gasteiger partial charge in [0.25, 0.3) is 0 Å². The van der Waals surface area contributed by atoms with Crippen LogP contribution in [0.1, 0.15) is 87.9 Å². The van der Waals surface area contributed by atoms with Gasteiger partial charge in [-0.25, -0.2) is 18.4 Å². The summed E-state index contributed by atoms with van der Waals surface area (Å²) in [5.41, 5.74) is 2.81. The summed E-state index contributed by atoms with van der Waals surface area (Å²) >= 11 is 0. The van der Waals surface area contributed by atoms with Gasteiger partial charge in [0.2, 0.25) is 0 Å². The maximum absolute atomic E-state index is 13.7. The summed E-state index contributed by atoms with van der Waals surface area (Å²) in [5, 5.41) is 17.6. The van der Waals surface area contributed by atoms with Crippen LogP contribution in [0, 0.1) is 34.3 Å². The highest BCUT2D eigenvalue weighted by Gasteiger charge is 2.12. The first-order valence-electron chi connectivity index (χ1n) is 14.9. The van der Waals surface area contributed by atoms with E-state index in [1.165, 1.54) is 30.7 Å². The average Bonchev–Trinajstić information content (AvgIpc) is 3.04. The van der Waals surface area contributed by atoms with Crippen LogP contribution in [-0.2, 0) is 12.8 Å². The fourth-order valence-electron chi connectivity index (χ4n) is 4.79. The third kappa shape index (κ3) is 9.84. The molecular weight excluding hydrogens is 574 g/mol. The maximum Gasteiger partial charge on any atom is 0.343 e. The Labute approximate surface area is 261 Å². The van der Waals surface area contributed by atoms with Crippen LogP contribution in [0.3, 0.4) is 0 Å². The van der Waals surface area contributed by atoms with Crippen molar-refractivity contribution in [1.29, 1.82) is 10.5 Å². The Morgan fingerprint density at radius 2 is 0.889 bits per heavy atom. The Bertz CT molecular complexity index is 1580. The van der Waals surface area contributed by atoms with Crippen LogP contribution >= 0.6 is 0 Å². The molecule has 4 rings (SSSR count). The molecule has 0 fully saturated rings. The lowest BCUT2D eigenvalue weighted by atomic mass is 10.0. The molecular formula is C37H32F2N2O4. The van der Waals surface area contributed by atoms with Gasteiger partial charge in [-0.1, -0.05) is 56.4 Å². The maximum atomic E-state index is 13.7. The summed E-state index contributed by atoms with van der Waals surface area (Å²) in [7, 11) is 0. The second-order valence-corrected chi connectivity index (χ2v) is 10.7. The number of hydrogen-bond acceptors (Lipinski definition) is 6. The van der Waals surface area contributed by atoms with E-state index in [4.69, 9.17) is 20.0 Å². The number of aryl methyl sites for hydroxylation is 2. The zero-order valence-corrected chi connectivity index (χ0v) is 24.7. The molecule has 0 N–H and O–H groups in total. The van der Waals surface area contributed by atoms with Gasteiger partial charge in [-0.3, -0.25) is 0 Å². The number of halogens is 2. The standard InChI is InChI=1S/C37H32F2N2O4/c38-34-22-32(20-18-30(34)24-40)44-36(42)28-14-10-26(11-15-28)8-6-4-2-1-3-5-7-9-27-12-16-29(17-13-27)37(43)45-33-21-19-31(25-41)35(39)23-33/h10-23H,1-9H2. The number of nitriles is 2. The van der Waals surface area contributed by atoms with Crippen LogP contribution in [0.25, 0.3) is 0 Å². The molecule has 0 radical (unpaired) electrons. The van der Waals surface area contributed by atoms with Crippen LogP contribution in [-0.4, -0.2) is 11.9 Å². The van der Waals surface area contributed by atoms with E-state index in [2.05, 4.69) is 0 Å². The number of carbonyl (C=O) groups excluding carboxylic acids is 2. The van der Waals surface area contributed by atoms with E-state index in [-0.39, 0.29) is 22.6 Å². The molecule has 0 heterocycles. The highest BCUT2D eigenvalue weighted by atomic mass is 19.1. The van der Waals surface area contributed by atoms with E-state index in [0.29, 0.717) is 11.1 Å². The Kier molecular flexibility index (Phi) is 11.9. The summed E-state index contributed by atoms with van der Waals surface area (Å²) in [5.74, 6) is -2.52. The lowest BCUT2D eigenvalue weighted by Crippen LogP contribution is -2.08. The minimum Gasteiger partial charge on any atom is -0.423 e. The lowest BCUT2D eigenvalue weighted by Gasteiger charge is -2.07. The number of unbranched alkanes of at least 4 members (excludes halogenated alkanes) is 6. The van der Waals surface area contributed by atoms with Gasteiger partial charge < -0.3 is 9.47 Å². The third-order valence-electron chi connectivity index (χ3n) is 7.35. The van der Waals surface area contributed by atoms with E-state index in [9.17, 15) is 18.4 Å². The number of esters is 2. The van der Waals surface area contributed by atoms with E-state index in [1.54, 1.807) is 36.4 Å². The lowest BCUT2D eigenvalue weighted by molar-refractivity contribution is 0.0724. The second-order valence-electron chi connectivity index (χ2n) is 10.7. The number of rotatable bonds is 14. The van der Waals surface area contributed by atoms with Gasteiger partial charge in [-0.05, 0) is 85.3 Å². The first kappa shape index (κ1) is 32.6. The van der Waals surface area contributed by atoms with Gasteiger partial charge in [-0.2, -0.15) is 10.5 Å². The number of benzene rings is 4. The fraction of sp³-hybridized carbons (Fsp3) is 0.243. The Balaban J connectivity index is 1.06. The summed E-state index contributed by atoms with van der Waals surface area (Å²) in [4.78, 5) is 24.7. The van der Waals surface area contributed by atoms with Crippen LogP contribution in [0.2, 0.25) is 0 Å². The van der Waals surface area contributed by atoms with E-state index in [0.717, 1.165) is 74.6 Å². The molecule has 0 aromatic heterocycles. The quantitative estimate of drug-likeness (QED) is 0.0809. The summed E-state index contributed by atoms with van der Waals surface area (Å²) in [6.45, 7) is 0. The monoisotopic (exact) mass is 606 g/mol. The zero-order valence-electron chi connectivity index (χ0n) is 24.7. The van der Waals surface area contributed by atoms with Crippen LogP contribution < -0.4 is 9.47 Å². The van der Waals surface area contributed by atoms with Crippen molar-refractivity contribution in [2.24, 2.45) is 0 Å². The number of hydrogen-bond donors (Lipinski definition) is 0. The number of carbonyl (C=O) groups is 2. The minimum atomic E-state index is -0.730. The van der Waals surface area contributed by atoms with Crippen molar-refractivity contribution < 1.29 is 27.8 Å². The van der Waals surface area contributed by atoms with Crippen molar-refractivity contribution in [2.75, 3.05) is 0 Å². The Hall–Kier alpha value is -5.34. The Morgan fingerprint density at radius 1 is 0.533 bits per heavy atom. The fourth-order valence-corrected chi connectivity index (χ4v) is 4.79. The van der Waals surface area contributed by atoms with Crippen molar-refractivity contribution in [3.8, 4) is 23.6 Å². The first-order chi connectivity index (χ1) is 21.9. The number of ether oxygens (including phenoxy) is 2. The molecule has 45 heavy (non-hydrogen) atoms. The molecule has 8 heteroatoms. The largest absolute Gasteiger partial charge is 0.423 e. The van der Waals surface area contributed by atoms with Crippen molar-refractivity contribution in [1.82, 2.24) is 0 Å². The van der Waals surface area contributed by atoms with Crippen molar-refractivity contribution >= 4 is 11.9 Å². The van der Waals surface area contributed by atoms with E-state index in [1.807, 2.05) is 24.3 Å². The molecule has 0 atom stereocenters. The summed E-state index contributed by atoms with van der Waals surface area (Å²) in [6, 6.07) is 25.3. The van der Waals surface area contributed by atoms with E-state index >= 15 is 0 Å². The molecule has 0 spiro atoms. The number of nitrogens with zero attached hydrogens (tertiary/aromatic N) is 2.